The van der Waals surface area contributed by atoms with E-state index in [1.165, 1.54) is 0 Å². The third-order valence-corrected chi connectivity index (χ3v) is 2.81. The summed E-state index contributed by atoms with van der Waals surface area (Å²) in [5.74, 6) is 0. The Bertz CT molecular complexity index is 591. The first kappa shape index (κ1) is 10.5. The molecule has 0 radical (unpaired) electrons. The summed E-state index contributed by atoms with van der Waals surface area (Å²) >= 11 is 0. The van der Waals surface area contributed by atoms with Crippen molar-refractivity contribution in [3.8, 4) is 0 Å². The lowest BCUT2D eigenvalue weighted by Crippen LogP contribution is -1.96. The topological polar surface area (TPSA) is 56.0 Å². The van der Waals surface area contributed by atoms with Crippen molar-refractivity contribution in [2.45, 2.75) is 20.8 Å². The highest BCUT2D eigenvalue weighted by Crippen LogP contribution is 2.29. The second kappa shape index (κ2) is 3.56. The van der Waals surface area contributed by atoms with Crippen LogP contribution < -0.4 is 0 Å². The van der Waals surface area contributed by atoms with Gasteiger partial charge < -0.3 is 0 Å². The zero-order valence-electron chi connectivity index (χ0n) is 9.44. The first-order valence-corrected chi connectivity index (χ1v) is 5.01. The third kappa shape index (κ3) is 1.52. The number of pyridine rings is 1. The van der Waals surface area contributed by atoms with Gasteiger partial charge in [-0.25, -0.2) is 4.98 Å². The van der Waals surface area contributed by atoms with E-state index in [0.717, 1.165) is 22.1 Å². The molecule has 4 nitrogen and oxygen atoms in total. The van der Waals surface area contributed by atoms with E-state index >= 15 is 0 Å². The molecule has 0 saturated heterocycles. The summed E-state index contributed by atoms with van der Waals surface area (Å²) in [7, 11) is 0. The smallest absolute Gasteiger partial charge is 0.258 e. The lowest BCUT2D eigenvalue weighted by atomic mass is 10.0. The molecule has 0 aliphatic carbocycles. The number of rotatable bonds is 1. The number of aromatic nitrogens is 1. The molecular formula is C12H12N2O2. The molecule has 1 heterocycles. The standard InChI is InChI=1S/C12H12N2O2/c1-7-4-10-9(3)8(2)5-11(14(15)16)12(10)13-6-7/h4-6H,1-3H3. The summed E-state index contributed by atoms with van der Waals surface area (Å²) in [6.45, 7) is 5.77. The third-order valence-electron chi connectivity index (χ3n) is 2.81. The molecule has 2 aromatic rings. The number of non-ortho nitro benzene ring substituents is 1. The van der Waals surface area contributed by atoms with Crippen molar-refractivity contribution in [1.82, 2.24) is 4.98 Å². The summed E-state index contributed by atoms with van der Waals surface area (Å²) < 4.78 is 0. The van der Waals surface area contributed by atoms with E-state index in [-0.39, 0.29) is 10.6 Å². The van der Waals surface area contributed by atoms with E-state index in [9.17, 15) is 10.1 Å². The van der Waals surface area contributed by atoms with Crippen molar-refractivity contribution in [3.05, 3.63) is 45.1 Å². The molecule has 0 aliphatic rings. The maximum Gasteiger partial charge on any atom is 0.295 e. The van der Waals surface area contributed by atoms with Crippen LogP contribution in [-0.4, -0.2) is 9.91 Å². The highest BCUT2D eigenvalue weighted by Gasteiger charge is 2.16. The molecule has 1 aromatic carbocycles. The highest BCUT2D eigenvalue weighted by molar-refractivity contribution is 5.91. The van der Waals surface area contributed by atoms with E-state index in [4.69, 9.17) is 0 Å². The van der Waals surface area contributed by atoms with Gasteiger partial charge in [0.25, 0.3) is 5.69 Å². The maximum atomic E-state index is 10.9. The fourth-order valence-electron chi connectivity index (χ4n) is 1.79. The van der Waals surface area contributed by atoms with Crippen LogP contribution in [0.3, 0.4) is 0 Å². The quantitative estimate of drug-likeness (QED) is 0.543. The second-order valence-corrected chi connectivity index (χ2v) is 4.00. The summed E-state index contributed by atoms with van der Waals surface area (Å²) in [4.78, 5) is 14.7. The van der Waals surface area contributed by atoms with Crippen LogP contribution in [0.25, 0.3) is 10.9 Å². The predicted octanol–water partition coefficient (Wildman–Crippen LogP) is 3.07. The van der Waals surface area contributed by atoms with Crippen LogP contribution in [0.4, 0.5) is 5.69 Å². The van der Waals surface area contributed by atoms with Gasteiger partial charge in [-0.1, -0.05) is 0 Å². The lowest BCUT2D eigenvalue weighted by molar-refractivity contribution is -0.383. The average Bonchev–Trinajstić information content (AvgIpc) is 2.23. The SMILES string of the molecule is Cc1cnc2c([N+](=O)[O-])cc(C)c(C)c2c1. The van der Waals surface area contributed by atoms with Crippen LogP contribution in [0.15, 0.2) is 18.3 Å². The van der Waals surface area contributed by atoms with Crippen LogP contribution in [0.1, 0.15) is 16.7 Å². The number of aryl methyl sites for hydroxylation is 3. The first-order valence-electron chi connectivity index (χ1n) is 5.01. The summed E-state index contributed by atoms with van der Waals surface area (Å²) in [5.41, 5.74) is 3.54. The molecule has 0 unspecified atom stereocenters. The number of fused-ring (bicyclic) bond motifs is 1. The molecule has 0 saturated carbocycles. The molecule has 0 bridgehead atoms. The van der Waals surface area contributed by atoms with E-state index in [1.807, 2.05) is 26.8 Å². The normalized spacial score (nSPS) is 10.7. The first-order chi connectivity index (χ1) is 7.50. The van der Waals surface area contributed by atoms with Crippen LogP contribution in [0.5, 0.6) is 0 Å². The molecule has 0 amide bonds. The number of hydrogen-bond donors (Lipinski definition) is 0. The monoisotopic (exact) mass is 216 g/mol. The Balaban J connectivity index is 2.95. The summed E-state index contributed by atoms with van der Waals surface area (Å²) in [6, 6.07) is 3.53. The van der Waals surface area contributed by atoms with Gasteiger partial charge in [0.2, 0.25) is 0 Å². The van der Waals surface area contributed by atoms with Gasteiger partial charge in [0.15, 0.2) is 0 Å². The Hall–Kier alpha value is -1.97. The number of benzene rings is 1. The minimum atomic E-state index is -0.378. The van der Waals surface area contributed by atoms with Gasteiger partial charge in [-0.05, 0) is 43.5 Å². The van der Waals surface area contributed by atoms with Crippen molar-refractivity contribution < 1.29 is 4.92 Å². The molecule has 4 heteroatoms. The van der Waals surface area contributed by atoms with E-state index in [0.29, 0.717) is 5.52 Å². The van der Waals surface area contributed by atoms with Gasteiger partial charge in [0.1, 0.15) is 5.52 Å². The second-order valence-electron chi connectivity index (χ2n) is 4.00. The molecular weight excluding hydrogens is 204 g/mol. The fraction of sp³-hybridized carbons (Fsp3) is 0.250. The predicted molar refractivity (Wildman–Crippen MR) is 62.6 cm³/mol. The molecule has 0 spiro atoms. The number of nitrogens with zero attached hydrogens (tertiary/aromatic N) is 2. The Morgan fingerprint density at radius 3 is 2.56 bits per heavy atom. The van der Waals surface area contributed by atoms with Crippen molar-refractivity contribution in [1.29, 1.82) is 0 Å². The molecule has 0 aliphatic heterocycles. The van der Waals surface area contributed by atoms with Crippen LogP contribution in [0, 0.1) is 30.9 Å². The number of nitro benzene ring substituents is 1. The van der Waals surface area contributed by atoms with Gasteiger partial charge in [0, 0.05) is 17.6 Å². The molecule has 16 heavy (non-hydrogen) atoms. The molecule has 0 atom stereocenters. The van der Waals surface area contributed by atoms with Crippen LogP contribution in [0.2, 0.25) is 0 Å². The van der Waals surface area contributed by atoms with E-state index < -0.39 is 0 Å². The summed E-state index contributed by atoms with van der Waals surface area (Å²) in [6.07, 6.45) is 1.66. The molecule has 0 N–H and O–H groups in total. The molecule has 2 rings (SSSR count). The molecule has 0 fully saturated rings. The number of hydrogen-bond acceptors (Lipinski definition) is 3. The Morgan fingerprint density at radius 2 is 1.94 bits per heavy atom. The van der Waals surface area contributed by atoms with Gasteiger partial charge in [-0.2, -0.15) is 0 Å². The van der Waals surface area contributed by atoms with Crippen molar-refractivity contribution in [2.75, 3.05) is 0 Å². The highest BCUT2D eigenvalue weighted by atomic mass is 16.6. The van der Waals surface area contributed by atoms with Crippen molar-refractivity contribution in [2.24, 2.45) is 0 Å². The van der Waals surface area contributed by atoms with Gasteiger partial charge in [0.05, 0.1) is 4.92 Å². The Labute approximate surface area is 93.1 Å². The lowest BCUT2D eigenvalue weighted by Gasteiger charge is -2.06. The number of nitro groups is 1. The fourth-order valence-corrected chi connectivity index (χ4v) is 1.79. The van der Waals surface area contributed by atoms with Gasteiger partial charge in [-0.3, -0.25) is 10.1 Å². The van der Waals surface area contributed by atoms with Crippen LogP contribution >= 0.6 is 0 Å². The summed E-state index contributed by atoms with van der Waals surface area (Å²) in [5, 5.41) is 11.8. The van der Waals surface area contributed by atoms with Gasteiger partial charge in [-0.15, -0.1) is 0 Å². The van der Waals surface area contributed by atoms with E-state index in [1.54, 1.807) is 12.3 Å². The molecule has 1 aromatic heterocycles. The zero-order valence-corrected chi connectivity index (χ0v) is 9.44. The van der Waals surface area contributed by atoms with Crippen molar-refractivity contribution >= 4 is 16.6 Å². The Kier molecular flexibility index (Phi) is 2.34. The average molecular weight is 216 g/mol. The van der Waals surface area contributed by atoms with Gasteiger partial charge >= 0.3 is 0 Å². The van der Waals surface area contributed by atoms with Crippen LogP contribution in [-0.2, 0) is 0 Å². The minimum absolute atomic E-state index is 0.0816. The van der Waals surface area contributed by atoms with Crippen molar-refractivity contribution in [3.63, 3.8) is 0 Å². The van der Waals surface area contributed by atoms with E-state index in [2.05, 4.69) is 4.98 Å². The molecule has 82 valence electrons. The Morgan fingerprint density at radius 1 is 1.25 bits per heavy atom. The minimum Gasteiger partial charge on any atom is -0.258 e. The largest absolute Gasteiger partial charge is 0.295 e. The zero-order chi connectivity index (χ0) is 11.9. The maximum absolute atomic E-state index is 10.9.